The van der Waals surface area contributed by atoms with E-state index >= 15 is 0 Å². The highest BCUT2D eigenvalue weighted by molar-refractivity contribution is 8.00. The van der Waals surface area contributed by atoms with Gasteiger partial charge in [0.2, 0.25) is 10.9 Å². The molecule has 5 rings (SSSR count). The zero-order valence-corrected chi connectivity index (χ0v) is 25.2. The van der Waals surface area contributed by atoms with Gasteiger partial charge < -0.3 is 19.0 Å². The standard InChI is InChI=1S/C31H31N3O6S2/c1-4-5-9-16-39-22-15-13-21(17-24(22)38-3)26-25(27(35)23-14-12-19(2)40-23)28(36)29(37)34(26)30-32-33-31(42-30)41-18-20-10-7-6-8-11-20/h6-8,10-15,17,26,36H,4-5,9,16,18H2,1-3H3. The Morgan fingerprint density at radius 3 is 2.62 bits per heavy atom. The number of ketones is 1. The van der Waals surface area contributed by atoms with Crippen LogP contribution in [0.1, 0.15) is 59.7 Å². The minimum atomic E-state index is -1.00. The summed E-state index contributed by atoms with van der Waals surface area (Å²) in [4.78, 5) is 28.6. The molecule has 0 aliphatic carbocycles. The molecule has 218 valence electrons. The third-order valence-corrected chi connectivity index (χ3v) is 8.86. The largest absolute Gasteiger partial charge is 0.503 e. The molecule has 0 saturated carbocycles. The van der Waals surface area contributed by atoms with E-state index in [1.165, 1.54) is 41.2 Å². The van der Waals surface area contributed by atoms with Crippen molar-refractivity contribution in [1.29, 1.82) is 0 Å². The number of methoxy groups -OCH3 is 1. The van der Waals surface area contributed by atoms with Gasteiger partial charge in [0.15, 0.2) is 27.4 Å². The number of amides is 1. The zero-order valence-electron chi connectivity index (χ0n) is 23.5. The minimum Gasteiger partial charge on any atom is -0.503 e. The van der Waals surface area contributed by atoms with Crippen molar-refractivity contribution in [3.63, 3.8) is 0 Å². The van der Waals surface area contributed by atoms with Crippen molar-refractivity contribution in [2.75, 3.05) is 18.6 Å². The van der Waals surface area contributed by atoms with E-state index < -0.39 is 23.5 Å². The monoisotopic (exact) mass is 605 g/mol. The molecule has 0 radical (unpaired) electrons. The number of hydrogen-bond acceptors (Lipinski definition) is 10. The summed E-state index contributed by atoms with van der Waals surface area (Å²) in [7, 11) is 1.53. The van der Waals surface area contributed by atoms with E-state index in [4.69, 9.17) is 13.9 Å². The number of nitrogens with zero attached hydrogens (tertiary/aromatic N) is 3. The van der Waals surface area contributed by atoms with E-state index in [-0.39, 0.29) is 16.5 Å². The first-order valence-corrected chi connectivity index (χ1v) is 15.4. The predicted octanol–water partition coefficient (Wildman–Crippen LogP) is 7.09. The van der Waals surface area contributed by atoms with Crippen molar-refractivity contribution in [3.05, 3.63) is 94.6 Å². The zero-order chi connectivity index (χ0) is 29.6. The Labute approximate surface area is 252 Å². The molecule has 3 heterocycles. The average molecular weight is 606 g/mol. The maximum atomic E-state index is 13.7. The average Bonchev–Trinajstić information content (AvgIpc) is 3.72. The molecular weight excluding hydrogens is 574 g/mol. The summed E-state index contributed by atoms with van der Waals surface area (Å²) in [6.45, 7) is 4.38. The van der Waals surface area contributed by atoms with E-state index in [1.807, 2.05) is 30.3 Å². The van der Waals surface area contributed by atoms with Crippen LogP contribution in [-0.2, 0) is 10.5 Å². The normalized spacial score (nSPS) is 15.0. The van der Waals surface area contributed by atoms with Crippen LogP contribution in [0.15, 0.2) is 80.8 Å². The van der Waals surface area contributed by atoms with E-state index in [0.717, 1.165) is 24.8 Å². The van der Waals surface area contributed by atoms with Gasteiger partial charge in [-0.05, 0) is 48.7 Å². The van der Waals surface area contributed by atoms with Gasteiger partial charge in [0, 0.05) is 5.75 Å². The number of unbranched alkanes of at least 4 members (excludes halogenated alkanes) is 2. The molecule has 0 bridgehead atoms. The Balaban J connectivity index is 1.50. The predicted molar refractivity (Wildman–Crippen MR) is 162 cm³/mol. The van der Waals surface area contributed by atoms with Gasteiger partial charge in [0.05, 0.1) is 25.3 Å². The van der Waals surface area contributed by atoms with Gasteiger partial charge in [0.25, 0.3) is 5.91 Å². The van der Waals surface area contributed by atoms with Gasteiger partial charge in [-0.15, -0.1) is 10.2 Å². The van der Waals surface area contributed by atoms with E-state index in [2.05, 4.69) is 17.1 Å². The fraction of sp³-hybridized carbons (Fsp3) is 0.290. The number of aryl methyl sites for hydroxylation is 1. The van der Waals surface area contributed by atoms with Crippen LogP contribution in [0.25, 0.3) is 0 Å². The summed E-state index contributed by atoms with van der Waals surface area (Å²) in [5, 5.41) is 19.9. The van der Waals surface area contributed by atoms with E-state index in [1.54, 1.807) is 31.2 Å². The lowest BCUT2D eigenvalue weighted by Gasteiger charge is -2.24. The first-order valence-electron chi connectivity index (χ1n) is 13.6. The minimum absolute atomic E-state index is 0.0212. The molecule has 0 spiro atoms. The lowest BCUT2D eigenvalue weighted by atomic mass is 9.95. The second-order valence-corrected chi connectivity index (χ2v) is 11.8. The van der Waals surface area contributed by atoms with Crippen molar-refractivity contribution in [2.24, 2.45) is 0 Å². The van der Waals surface area contributed by atoms with Crippen molar-refractivity contribution in [2.45, 2.75) is 49.2 Å². The highest BCUT2D eigenvalue weighted by atomic mass is 32.2. The molecule has 0 fully saturated rings. The van der Waals surface area contributed by atoms with Gasteiger partial charge in [-0.25, -0.2) is 0 Å². The van der Waals surface area contributed by atoms with Gasteiger partial charge in [0.1, 0.15) is 5.76 Å². The van der Waals surface area contributed by atoms with Crippen molar-refractivity contribution >= 4 is 39.9 Å². The number of carbonyl (C=O) groups excluding carboxylic acids is 2. The van der Waals surface area contributed by atoms with Crippen molar-refractivity contribution < 1.29 is 28.6 Å². The number of aliphatic hydroxyl groups excluding tert-OH is 1. The number of carbonyl (C=O) groups is 2. The molecule has 2 aromatic heterocycles. The molecule has 1 unspecified atom stereocenters. The van der Waals surface area contributed by atoms with Crippen LogP contribution < -0.4 is 14.4 Å². The molecule has 4 aromatic rings. The lowest BCUT2D eigenvalue weighted by molar-refractivity contribution is -0.117. The topological polar surface area (TPSA) is 115 Å². The SMILES string of the molecule is CCCCCOc1ccc(C2C(C(=O)c3ccc(C)o3)=C(O)C(=O)N2c2nnc(SCc3ccccc3)s2)cc1OC. The molecule has 1 aliphatic heterocycles. The number of furan rings is 1. The number of benzene rings is 2. The number of aromatic nitrogens is 2. The Hall–Kier alpha value is -4.09. The third kappa shape index (κ3) is 6.22. The van der Waals surface area contributed by atoms with Crippen LogP contribution in [0.5, 0.6) is 11.5 Å². The number of anilines is 1. The number of aliphatic hydroxyl groups is 1. The number of rotatable bonds is 13. The molecule has 42 heavy (non-hydrogen) atoms. The summed E-state index contributed by atoms with van der Waals surface area (Å²) >= 11 is 2.70. The number of hydrogen-bond donors (Lipinski definition) is 1. The van der Waals surface area contributed by atoms with Gasteiger partial charge in [-0.1, -0.05) is 79.3 Å². The first kappa shape index (κ1) is 29.4. The molecule has 1 aliphatic rings. The van der Waals surface area contributed by atoms with Crippen LogP contribution in [0, 0.1) is 6.92 Å². The fourth-order valence-electron chi connectivity index (χ4n) is 4.62. The second-order valence-electron chi connectivity index (χ2n) is 9.67. The van der Waals surface area contributed by atoms with Crippen LogP contribution in [0.2, 0.25) is 0 Å². The second kappa shape index (κ2) is 13.3. The molecule has 1 amide bonds. The summed E-state index contributed by atoms with van der Waals surface area (Å²) in [5.74, 6) is 0.219. The van der Waals surface area contributed by atoms with Crippen LogP contribution in [0.4, 0.5) is 5.13 Å². The Morgan fingerprint density at radius 2 is 1.90 bits per heavy atom. The quantitative estimate of drug-likeness (QED) is 0.0738. The summed E-state index contributed by atoms with van der Waals surface area (Å²) in [5.41, 5.74) is 1.55. The number of Topliss-reactive ketones (excluding diaryl/α,β-unsaturated/α-hetero) is 1. The van der Waals surface area contributed by atoms with E-state index in [9.17, 15) is 14.7 Å². The lowest BCUT2D eigenvalue weighted by Crippen LogP contribution is -2.31. The summed E-state index contributed by atoms with van der Waals surface area (Å²) in [6.07, 6.45) is 3.03. The van der Waals surface area contributed by atoms with Gasteiger partial charge >= 0.3 is 0 Å². The first-order chi connectivity index (χ1) is 20.4. The third-order valence-electron chi connectivity index (χ3n) is 6.73. The Bertz CT molecular complexity index is 1600. The van der Waals surface area contributed by atoms with E-state index in [0.29, 0.717) is 39.5 Å². The molecule has 2 aromatic carbocycles. The van der Waals surface area contributed by atoms with Crippen molar-refractivity contribution in [1.82, 2.24) is 10.2 Å². The summed E-state index contributed by atoms with van der Waals surface area (Å²) < 4.78 is 17.8. The molecule has 0 saturated heterocycles. The molecule has 1 atom stereocenters. The summed E-state index contributed by atoms with van der Waals surface area (Å²) in [6, 6.07) is 17.3. The highest BCUT2D eigenvalue weighted by Gasteiger charge is 2.47. The Kier molecular flexibility index (Phi) is 9.28. The van der Waals surface area contributed by atoms with Crippen molar-refractivity contribution in [3.8, 4) is 11.5 Å². The van der Waals surface area contributed by atoms with Gasteiger partial charge in [-0.3, -0.25) is 14.5 Å². The maximum absolute atomic E-state index is 13.7. The van der Waals surface area contributed by atoms with Crippen LogP contribution >= 0.6 is 23.1 Å². The smallest absolute Gasteiger partial charge is 0.296 e. The molecular formula is C31H31N3O6S2. The fourth-order valence-corrected chi connectivity index (χ4v) is 6.45. The molecule has 1 N–H and O–H groups in total. The molecule has 9 nitrogen and oxygen atoms in total. The molecule has 11 heteroatoms. The highest BCUT2D eigenvalue weighted by Crippen LogP contribution is 2.45. The van der Waals surface area contributed by atoms with Crippen LogP contribution in [0.3, 0.4) is 0 Å². The maximum Gasteiger partial charge on any atom is 0.296 e. The number of thioether (sulfide) groups is 1. The van der Waals surface area contributed by atoms with Crippen LogP contribution in [-0.4, -0.2) is 40.7 Å². The number of ether oxygens (including phenoxy) is 2. The van der Waals surface area contributed by atoms with Gasteiger partial charge in [-0.2, -0.15) is 0 Å². The Morgan fingerprint density at radius 1 is 1.10 bits per heavy atom.